The van der Waals surface area contributed by atoms with Gasteiger partial charge in [-0.05, 0) is 38.9 Å². The molecule has 2 aliphatic rings. The van der Waals surface area contributed by atoms with Crippen LogP contribution in [0.3, 0.4) is 0 Å². The van der Waals surface area contributed by atoms with Crippen LogP contribution in [0.4, 0.5) is 26.3 Å². The van der Waals surface area contributed by atoms with E-state index in [-0.39, 0.29) is 11.8 Å². The van der Waals surface area contributed by atoms with Gasteiger partial charge in [0.25, 0.3) is 0 Å². The Bertz CT molecular complexity index is 1210. The topological polar surface area (TPSA) is 127 Å². The van der Waals surface area contributed by atoms with E-state index in [4.69, 9.17) is 24.2 Å². The van der Waals surface area contributed by atoms with Crippen molar-refractivity contribution in [2.75, 3.05) is 52.9 Å². The van der Waals surface area contributed by atoms with E-state index in [1.54, 1.807) is 0 Å². The number of alkyl halides is 6. The number of aliphatic carboxylic acids is 2. The molecule has 45 heavy (non-hydrogen) atoms. The standard InChI is InChI=1S/C25H36N4O2.2C2HF3O2/c1-19(17-23-24(26-20(2)31-23)22-7-5-4-6-8-22)25(30)29-15-13-28(14-16-29)18-21-9-11-27(3)12-10-21;2*3-2(4,5)1(6)7/h4-8,19,21H,9-18H2,1-3H3;2*(H,6,7). The van der Waals surface area contributed by atoms with E-state index in [1.807, 2.05) is 49.1 Å². The van der Waals surface area contributed by atoms with Crippen molar-refractivity contribution in [3.05, 3.63) is 42.0 Å². The maximum absolute atomic E-state index is 13.1. The van der Waals surface area contributed by atoms with Gasteiger partial charge in [-0.2, -0.15) is 26.3 Å². The second-order valence-corrected chi connectivity index (χ2v) is 11.0. The summed E-state index contributed by atoms with van der Waals surface area (Å²) in [5.74, 6) is -3.13. The fraction of sp³-hybridized carbons (Fsp3) is 0.586. The number of oxazole rings is 1. The van der Waals surface area contributed by atoms with Gasteiger partial charge in [0.05, 0.1) is 0 Å². The van der Waals surface area contributed by atoms with Gasteiger partial charge < -0.3 is 24.4 Å². The van der Waals surface area contributed by atoms with Crippen LogP contribution in [-0.4, -0.2) is 113 Å². The first kappa shape index (κ1) is 37.5. The zero-order valence-electron chi connectivity index (χ0n) is 25.2. The number of rotatable bonds is 6. The smallest absolute Gasteiger partial charge is 0.475 e. The highest BCUT2D eigenvalue weighted by Gasteiger charge is 2.39. The molecule has 2 aliphatic heterocycles. The van der Waals surface area contributed by atoms with Gasteiger partial charge in [0.2, 0.25) is 5.91 Å². The van der Waals surface area contributed by atoms with E-state index in [0.717, 1.165) is 49.1 Å². The first-order valence-electron chi connectivity index (χ1n) is 14.2. The second-order valence-electron chi connectivity index (χ2n) is 11.0. The molecule has 4 rings (SSSR count). The highest BCUT2D eigenvalue weighted by Crippen LogP contribution is 2.27. The number of hydrogen-bond donors (Lipinski definition) is 2. The Morgan fingerprint density at radius 2 is 1.40 bits per heavy atom. The lowest BCUT2D eigenvalue weighted by Crippen LogP contribution is -2.51. The second kappa shape index (κ2) is 16.6. The summed E-state index contributed by atoms with van der Waals surface area (Å²) in [6.45, 7) is 11.1. The molecule has 0 aliphatic carbocycles. The lowest BCUT2D eigenvalue weighted by atomic mass is 9.96. The van der Waals surface area contributed by atoms with Gasteiger partial charge in [0, 0.05) is 57.5 Å². The van der Waals surface area contributed by atoms with Gasteiger partial charge >= 0.3 is 24.3 Å². The van der Waals surface area contributed by atoms with Crippen molar-refractivity contribution in [1.82, 2.24) is 19.7 Å². The van der Waals surface area contributed by atoms with Crippen LogP contribution < -0.4 is 0 Å². The van der Waals surface area contributed by atoms with Crippen LogP contribution in [0.15, 0.2) is 34.7 Å². The minimum atomic E-state index is -5.08. The molecule has 16 heteroatoms. The summed E-state index contributed by atoms with van der Waals surface area (Å²) in [5, 5.41) is 14.2. The number of benzene rings is 1. The monoisotopic (exact) mass is 652 g/mol. The molecular formula is C29H38F6N4O6. The molecule has 0 bridgehead atoms. The number of likely N-dealkylation sites (tertiary alicyclic amines) is 1. The largest absolute Gasteiger partial charge is 0.490 e. The number of aromatic nitrogens is 1. The Morgan fingerprint density at radius 3 is 1.87 bits per heavy atom. The third kappa shape index (κ3) is 12.7. The zero-order chi connectivity index (χ0) is 33.9. The summed E-state index contributed by atoms with van der Waals surface area (Å²) in [6, 6.07) is 10.1. The molecule has 2 saturated heterocycles. The molecule has 2 N–H and O–H groups in total. The van der Waals surface area contributed by atoms with Gasteiger partial charge in [0.15, 0.2) is 5.89 Å². The summed E-state index contributed by atoms with van der Waals surface area (Å²) in [7, 11) is 2.21. The predicted molar refractivity (Wildman–Crippen MR) is 150 cm³/mol. The van der Waals surface area contributed by atoms with Crippen molar-refractivity contribution in [1.29, 1.82) is 0 Å². The highest BCUT2D eigenvalue weighted by molar-refractivity contribution is 5.79. The highest BCUT2D eigenvalue weighted by atomic mass is 19.4. The van der Waals surface area contributed by atoms with E-state index in [2.05, 4.69) is 21.8 Å². The van der Waals surface area contributed by atoms with Crippen molar-refractivity contribution < 1.29 is 55.4 Å². The average molecular weight is 653 g/mol. The van der Waals surface area contributed by atoms with Crippen LogP contribution in [0.2, 0.25) is 0 Å². The number of carbonyl (C=O) groups is 3. The van der Waals surface area contributed by atoms with Crippen molar-refractivity contribution in [2.45, 2.75) is 45.5 Å². The van der Waals surface area contributed by atoms with E-state index >= 15 is 0 Å². The molecule has 1 amide bonds. The number of carboxylic acid groups (broad SMARTS) is 2. The summed E-state index contributed by atoms with van der Waals surface area (Å²) < 4.78 is 69.4. The maximum Gasteiger partial charge on any atom is 0.490 e. The van der Waals surface area contributed by atoms with Gasteiger partial charge in [-0.1, -0.05) is 37.3 Å². The van der Waals surface area contributed by atoms with Gasteiger partial charge in [0.1, 0.15) is 11.5 Å². The van der Waals surface area contributed by atoms with Gasteiger partial charge in [-0.25, -0.2) is 14.6 Å². The number of piperazine rings is 1. The molecule has 10 nitrogen and oxygen atoms in total. The summed E-state index contributed by atoms with van der Waals surface area (Å²) in [6.07, 6.45) is -6.99. The Kier molecular flexibility index (Phi) is 13.8. The quantitative estimate of drug-likeness (QED) is 0.431. The molecular weight excluding hydrogens is 614 g/mol. The van der Waals surface area contributed by atoms with Crippen molar-refractivity contribution in [3.63, 3.8) is 0 Å². The Labute approximate surface area is 256 Å². The fourth-order valence-electron chi connectivity index (χ4n) is 4.87. The summed E-state index contributed by atoms with van der Waals surface area (Å²) in [5.41, 5.74) is 1.90. The first-order valence-corrected chi connectivity index (χ1v) is 14.2. The summed E-state index contributed by atoms with van der Waals surface area (Å²) >= 11 is 0. The molecule has 1 aromatic carbocycles. The van der Waals surface area contributed by atoms with Gasteiger partial charge in [-0.15, -0.1) is 0 Å². The van der Waals surface area contributed by atoms with E-state index < -0.39 is 24.3 Å². The van der Waals surface area contributed by atoms with E-state index in [0.29, 0.717) is 12.3 Å². The van der Waals surface area contributed by atoms with Crippen LogP contribution in [0.25, 0.3) is 11.3 Å². The van der Waals surface area contributed by atoms with Crippen LogP contribution >= 0.6 is 0 Å². The molecule has 1 atom stereocenters. The number of piperidine rings is 1. The number of carbonyl (C=O) groups excluding carboxylic acids is 1. The fourth-order valence-corrected chi connectivity index (χ4v) is 4.87. The molecule has 2 fully saturated rings. The number of carboxylic acids is 2. The number of nitrogens with zero attached hydrogens (tertiary/aromatic N) is 4. The van der Waals surface area contributed by atoms with Gasteiger partial charge in [-0.3, -0.25) is 9.69 Å². The maximum atomic E-state index is 13.1. The molecule has 0 spiro atoms. The summed E-state index contributed by atoms with van der Waals surface area (Å²) in [4.78, 5) is 42.5. The molecule has 0 saturated carbocycles. The molecule has 3 heterocycles. The Morgan fingerprint density at radius 1 is 0.911 bits per heavy atom. The van der Waals surface area contributed by atoms with Crippen LogP contribution in [-0.2, 0) is 20.8 Å². The van der Waals surface area contributed by atoms with Crippen molar-refractivity contribution in [3.8, 4) is 11.3 Å². The molecule has 2 aromatic rings. The minimum absolute atomic E-state index is 0.116. The average Bonchev–Trinajstić information content (AvgIpc) is 3.34. The van der Waals surface area contributed by atoms with E-state index in [1.165, 1.54) is 32.5 Å². The first-order chi connectivity index (χ1) is 20.9. The number of hydrogen-bond acceptors (Lipinski definition) is 7. The third-order valence-electron chi connectivity index (χ3n) is 7.29. The predicted octanol–water partition coefficient (Wildman–Crippen LogP) is 4.58. The van der Waals surface area contributed by atoms with Crippen LogP contribution in [0.5, 0.6) is 0 Å². The zero-order valence-corrected chi connectivity index (χ0v) is 25.2. The number of amides is 1. The molecule has 1 unspecified atom stereocenters. The molecule has 0 radical (unpaired) electrons. The Hall–Kier alpha value is -3.66. The van der Waals surface area contributed by atoms with Crippen molar-refractivity contribution >= 4 is 17.8 Å². The lowest BCUT2D eigenvalue weighted by Gasteiger charge is -2.39. The lowest BCUT2D eigenvalue weighted by molar-refractivity contribution is -0.193. The minimum Gasteiger partial charge on any atom is -0.475 e. The Balaban J connectivity index is 0.000000421. The molecule has 1 aromatic heterocycles. The normalized spacial score (nSPS) is 17.4. The van der Waals surface area contributed by atoms with Crippen LogP contribution in [0, 0.1) is 18.8 Å². The molecule has 252 valence electrons. The number of halogens is 6. The SMILES string of the molecule is Cc1nc(-c2ccccc2)c(CC(C)C(=O)N2CCN(CC3CCN(C)CC3)CC2)o1.O=C(O)C(F)(F)F.O=C(O)C(F)(F)F. The van der Waals surface area contributed by atoms with E-state index in [9.17, 15) is 31.1 Å². The van der Waals surface area contributed by atoms with Crippen LogP contribution in [0.1, 0.15) is 31.4 Å². The number of aryl methyl sites for hydroxylation is 1. The van der Waals surface area contributed by atoms with Crippen molar-refractivity contribution in [2.24, 2.45) is 11.8 Å². The third-order valence-corrected chi connectivity index (χ3v) is 7.29.